The Morgan fingerprint density at radius 1 is 1.38 bits per heavy atom. The molecule has 134 valence electrons. The topological polar surface area (TPSA) is 70.7 Å². The summed E-state index contributed by atoms with van der Waals surface area (Å²) in [4.78, 5) is 15.4. The Balaban J connectivity index is 1.47. The molecule has 1 unspecified atom stereocenters. The number of aromatic nitrogens is 3. The Morgan fingerprint density at radius 2 is 2.31 bits per heavy atom. The summed E-state index contributed by atoms with van der Waals surface area (Å²) >= 11 is 1.52. The van der Waals surface area contributed by atoms with Crippen LogP contribution in [0.3, 0.4) is 0 Å². The van der Waals surface area contributed by atoms with Gasteiger partial charge in [-0.15, -0.1) is 21.5 Å². The summed E-state index contributed by atoms with van der Waals surface area (Å²) in [6.45, 7) is 1.45. The number of hydrogen-bond acceptors (Lipinski definition) is 5. The molecule has 1 aliphatic rings. The first-order valence-electron chi connectivity index (χ1n) is 8.69. The molecule has 1 aliphatic heterocycles. The highest BCUT2D eigenvalue weighted by molar-refractivity contribution is 7.11. The molecule has 4 rings (SSSR count). The molecule has 0 radical (unpaired) electrons. The lowest BCUT2D eigenvalue weighted by atomic mass is 9.97. The zero-order valence-corrected chi connectivity index (χ0v) is 15.1. The first-order valence-corrected chi connectivity index (χ1v) is 9.57. The van der Waals surface area contributed by atoms with E-state index in [2.05, 4.69) is 10.2 Å². The van der Waals surface area contributed by atoms with Crippen LogP contribution in [0.4, 0.5) is 0 Å². The zero-order valence-electron chi connectivity index (χ0n) is 14.3. The van der Waals surface area contributed by atoms with Crippen molar-refractivity contribution < 1.29 is 9.90 Å². The van der Waals surface area contributed by atoms with E-state index in [1.54, 1.807) is 6.08 Å². The van der Waals surface area contributed by atoms with E-state index in [1.807, 2.05) is 51.2 Å². The summed E-state index contributed by atoms with van der Waals surface area (Å²) in [5.74, 6) is 1.14. The lowest BCUT2D eigenvalue weighted by Gasteiger charge is -2.31. The largest absolute Gasteiger partial charge is 0.392 e. The molecule has 1 atom stereocenters. The molecule has 1 N–H and O–H groups in total. The van der Waals surface area contributed by atoms with Crippen LogP contribution in [0, 0.1) is 0 Å². The minimum Gasteiger partial charge on any atom is -0.392 e. The van der Waals surface area contributed by atoms with Crippen molar-refractivity contribution in [2.45, 2.75) is 25.4 Å². The number of hydrogen-bond donors (Lipinski definition) is 1. The molecule has 0 bridgehead atoms. The smallest absolute Gasteiger partial charge is 0.246 e. The number of pyridine rings is 1. The molecule has 0 aromatic carbocycles. The Morgan fingerprint density at radius 3 is 3.15 bits per heavy atom. The first-order chi connectivity index (χ1) is 12.7. The molecule has 0 saturated carbocycles. The van der Waals surface area contributed by atoms with E-state index in [0.29, 0.717) is 6.54 Å². The third-order valence-electron chi connectivity index (χ3n) is 4.69. The molecule has 6 nitrogen and oxygen atoms in total. The SMILES string of the molecule is O=C(C=Cc1cc(CO)cs1)N1CCCC(c2nnc3ccccn23)C1. The van der Waals surface area contributed by atoms with Gasteiger partial charge in [-0.3, -0.25) is 9.20 Å². The van der Waals surface area contributed by atoms with Crippen molar-refractivity contribution in [3.63, 3.8) is 0 Å². The van der Waals surface area contributed by atoms with E-state index in [1.165, 1.54) is 11.3 Å². The van der Waals surface area contributed by atoms with Crippen LogP contribution in [-0.2, 0) is 11.4 Å². The number of carbonyl (C=O) groups is 1. The fourth-order valence-corrected chi connectivity index (χ4v) is 4.15. The number of likely N-dealkylation sites (tertiary alicyclic amines) is 1. The Kier molecular flexibility index (Phi) is 4.81. The van der Waals surface area contributed by atoms with Gasteiger partial charge < -0.3 is 10.0 Å². The fourth-order valence-electron chi connectivity index (χ4n) is 3.35. The monoisotopic (exact) mass is 368 g/mol. The van der Waals surface area contributed by atoms with Gasteiger partial charge in [0.2, 0.25) is 5.91 Å². The van der Waals surface area contributed by atoms with Crippen molar-refractivity contribution in [3.05, 3.63) is 58.2 Å². The van der Waals surface area contributed by atoms with Crippen LogP contribution in [0.5, 0.6) is 0 Å². The lowest BCUT2D eigenvalue weighted by molar-refractivity contribution is -0.127. The van der Waals surface area contributed by atoms with E-state index in [0.717, 1.165) is 41.3 Å². The minimum absolute atomic E-state index is 0.0162. The van der Waals surface area contributed by atoms with Crippen molar-refractivity contribution in [2.75, 3.05) is 13.1 Å². The van der Waals surface area contributed by atoms with E-state index >= 15 is 0 Å². The third-order valence-corrected chi connectivity index (χ3v) is 5.63. The second kappa shape index (κ2) is 7.39. The third kappa shape index (κ3) is 3.40. The van der Waals surface area contributed by atoms with Gasteiger partial charge >= 0.3 is 0 Å². The van der Waals surface area contributed by atoms with Gasteiger partial charge in [0.05, 0.1) is 6.61 Å². The Labute approximate surface area is 155 Å². The van der Waals surface area contributed by atoms with Gasteiger partial charge in [0.25, 0.3) is 0 Å². The van der Waals surface area contributed by atoms with Crippen LogP contribution in [0.2, 0.25) is 0 Å². The average molecular weight is 368 g/mol. The summed E-state index contributed by atoms with van der Waals surface area (Å²) in [6, 6.07) is 7.75. The molecular formula is C19H20N4O2S. The van der Waals surface area contributed by atoms with Gasteiger partial charge in [-0.2, -0.15) is 0 Å². The normalized spacial score (nSPS) is 18.0. The number of amides is 1. The summed E-state index contributed by atoms with van der Waals surface area (Å²) in [5, 5.41) is 19.6. The van der Waals surface area contributed by atoms with Gasteiger partial charge in [-0.25, -0.2) is 0 Å². The zero-order chi connectivity index (χ0) is 17.9. The molecule has 1 amide bonds. The molecular weight excluding hydrogens is 348 g/mol. The van der Waals surface area contributed by atoms with E-state index in [9.17, 15) is 4.79 Å². The van der Waals surface area contributed by atoms with Crippen molar-refractivity contribution in [1.82, 2.24) is 19.5 Å². The molecule has 26 heavy (non-hydrogen) atoms. The lowest BCUT2D eigenvalue weighted by Crippen LogP contribution is -2.38. The van der Waals surface area contributed by atoms with Crippen molar-refractivity contribution >= 4 is 29.0 Å². The first kappa shape index (κ1) is 16.9. The standard InChI is InChI=1S/C19H20N4O2S/c24-12-14-10-16(26-13-14)6-7-18(25)22-8-3-4-15(11-22)19-21-20-17-5-1-2-9-23(17)19/h1-2,5-7,9-10,13,15,24H,3-4,8,11-12H2. The molecule has 7 heteroatoms. The van der Waals surface area contributed by atoms with Crippen LogP contribution in [0.25, 0.3) is 11.7 Å². The summed E-state index contributed by atoms with van der Waals surface area (Å²) in [5.41, 5.74) is 1.71. The highest BCUT2D eigenvalue weighted by Gasteiger charge is 2.27. The van der Waals surface area contributed by atoms with Gasteiger partial charge in [0, 0.05) is 36.2 Å². The fraction of sp³-hybridized carbons (Fsp3) is 0.316. The van der Waals surface area contributed by atoms with E-state index < -0.39 is 0 Å². The molecule has 0 aliphatic carbocycles. The number of thiophene rings is 1. The second-order valence-electron chi connectivity index (χ2n) is 6.46. The predicted octanol–water partition coefficient (Wildman–Crippen LogP) is 2.70. The number of rotatable bonds is 4. The summed E-state index contributed by atoms with van der Waals surface area (Å²) < 4.78 is 2.01. The quantitative estimate of drug-likeness (QED) is 0.719. The van der Waals surface area contributed by atoms with Crippen LogP contribution in [-0.4, -0.2) is 43.6 Å². The molecule has 4 heterocycles. The summed E-state index contributed by atoms with van der Waals surface area (Å²) in [6.07, 6.45) is 7.38. The maximum absolute atomic E-state index is 12.6. The highest BCUT2D eigenvalue weighted by Crippen LogP contribution is 2.26. The number of nitrogens with zero attached hydrogens (tertiary/aromatic N) is 4. The number of carbonyl (C=O) groups excluding carboxylic acids is 1. The van der Waals surface area contributed by atoms with Crippen molar-refractivity contribution in [2.24, 2.45) is 0 Å². The van der Waals surface area contributed by atoms with Crippen LogP contribution < -0.4 is 0 Å². The van der Waals surface area contributed by atoms with Gasteiger partial charge in [-0.1, -0.05) is 6.07 Å². The minimum atomic E-state index is 0.0162. The maximum atomic E-state index is 12.6. The molecule has 1 saturated heterocycles. The maximum Gasteiger partial charge on any atom is 0.246 e. The number of piperidine rings is 1. The van der Waals surface area contributed by atoms with Crippen LogP contribution in [0.15, 0.2) is 41.9 Å². The molecule has 0 spiro atoms. The average Bonchev–Trinajstić information content (AvgIpc) is 3.33. The number of aliphatic hydroxyl groups excluding tert-OH is 1. The number of fused-ring (bicyclic) bond motifs is 1. The van der Waals surface area contributed by atoms with Gasteiger partial charge in [0.1, 0.15) is 5.82 Å². The number of aliphatic hydroxyl groups is 1. The van der Waals surface area contributed by atoms with Crippen LogP contribution in [0.1, 0.15) is 35.0 Å². The summed E-state index contributed by atoms with van der Waals surface area (Å²) in [7, 11) is 0. The van der Waals surface area contributed by atoms with Crippen LogP contribution >= 0.6 is 11.3 Å². The highest BCUT2D eigenvalue weighted by atomic mass is 32.1. The predicted molar refractivity (Wildman–Crippen MR) is 101 cm³/mol. The van der Waals surface area contributed by atoms with Gasteiger partial charge in [0.15, 0.2) is 5.65 Å². The van der Waals surface area contributed by atoms with Crippen molar-refractivity contribution in [1.29, 1.82) is 0 Å². The Bertz CT molecular complexity index is 946. The Hall–Kier alpha value is -2.51. The van der Waals surface area contributed by atoms with E-state index in [-0.39, 0.29) is 18.4 Å². The molecule has 3 aromatic rings. The second-order valence-corrected chi connectivity index (χ2v) is 7.40. The van der Waals surface area contributed by atoms with E-state index in [4.69, 9.17) is 5.11 Å². The van der Waals surface area contributed by atoms with Crippen molar-refractivity contribution in [3.8, 4) is 0 Å². The molecule has 3 aromatic heterocycles. The van der Waals surface area contributed by atoms with Gasteiger partial charge in [-0.05, 0) is 48.1 Å². The molecule has 1 fully saturated rings.